The topological polar surface area (TPSA) is 113 Å². The lowest BCUT2D eigenvalue weighted by atomic mass is 10.1. The molecule has 0 aromatic carbocycles. The standard InChI is InChI=1S/C21H27ClN6O3S/c1-13-6-17(8-23-7-13)21-27-26-19(28(21)14(2)11-31-5)12-32(29,30)16(4)15(3)20-24-9-18(22)10-25-20/h6-10,14-16H,11-12H2,1-5H3/t14-,15-,16-/m0/s1. The van der Waals surface area contributed by atoms with Gasteiger partial charge >= 0.3 is 0 Å². The Bertz CT molecular complexity index is 1170. The zero-order valence-electron chi connectivity index (χ0n) is 18.7. The highest BCUT2D eigenvalue weighted by atomic mass is 35.5. The fourth-order valence-corrected chi connectivity index (χ4v) is 5.13. The van der Waals surface area contributed by atoms with Gasteiger partial charge in [0, 0.05) is 43.4 Å². The number of nitrogens with zero attached hydrogens (tertiary/aromatic N) is 6. The summed E-state index contributed by atoms with van der Waals surface area (Å²) in [7, 11) is -2.01. The van der Waals surface area contributed by atoms with E-state index >= 15 is 0 Å². The van der Waals surface area contributed by atoms with Crippen LogP contribution in [0.25, 0.3) is 11.4 Å². The van der Waals surface area contributed by atoms with Crippen molar-refractivity contribution in [3.63, 3.8) is 0 Å². The van der Waals surface area contributed by atoms with Crippen LogP contribution in [-0.4, -0.2) is 57.1 Å². The average Bonchev–Trinajstić information content (AvgIpc) is 3.16. The van der Waals surface area contributed by atoms with Gasteiger partial charge in [-0.05, 0) is 32.4 Å². The van der Waals surface area contributed by atoms with Crippen molar-refractivity contribution in [2.75, 3.05) is 13.7 Å². The van der Waals surface area contributed by atoms with Gasteiger partial charge in [0.05, 0.1) is 22.9 Å². The Balaban J connectivity index is 1.95. The quantitative estimate of drug-likeness (QED) is 0.459. The summed E-state index contributed by atoms with van der Waals surface area (Å²) in [5.74, 6) is 0.628. The first-order valence-corrected chi connectivity index (χ1v) is 12.3. The van der Waals surface area contributed by atoms with E-state index in [0.717, 1.165) is 11.1 Å². The van der Waals surface area contributed by atoms with Gasteiger partial charge in [-0.2, -0.15) is 0 Å². The summed E-state index contributed by atoms with van der Waals surface area (Å²) >= 11 is 5.85. The Morgan fingerprint density at radius 1 is 1.09 bits per heavy atom. The highest BCUT2D eigenvalue weighted by Gasteiger charge is 2.32. The van der Waals surface area contributed by atoms with Crippen molar-refractivity contribution in [3.8, 4) is 11.4 Å². The summed E-state index contributed by atoms with van der Waals surface area (Å²) in [6.45, 7) is 7.69. The molecule has 0 aliphatic carbocycles. The minimum Gasteiger partial charge on any atom is -0.383 e. The summed E-state index contributed by atoms with van der Waals surface area (Å²) in [5, 5.41) is 8.20. The number of sulfone groups is 1. The summed E-state index contributed by atoms with van der Waals surface area (Å²) in [4.78, 5) is 12.6. The molecule has 3 atom stereocenters. The van der Waals surface area contributed by atoms with Crippen molar-refractivity contribution < 1.29 is 13.2 Å². The van der Waals surface area contributed by atoms with Gasteiger partial charge in [-0.25, -0.2) is 18.4 Å². The first kappa shape index (κ1) is 24.2. The van der Waals surface area contributed by atoms with Gasteiger partial charge in [0.2, 0.25) is 0 Å². The summed E-state index contributed by atoms with van der Waals surface area (Å²) < 4.78 is 33.7. The smallest absolute Gasteiger partial charge is 0.165 e. The molecule has 0 saturated carbocycles. The maximum absolute atomic E-state index is 13.3. The number of hydrogen-bond donors (Lipinski definition) is 0. The van der Waals surface area contributed by atoms with Gasteiger partial charge in [0.25, 0.3) is 0 Å². The number of halogens is 1. The van der Waals surface area contributed by atoms with Gasteiger partial charge in [0.15, 0.2) is 15.7 Å². The molecular weight excluding hydrogens is 452 g/mol. The normalized spacial score (nSPS) is 14.8. The molecule has 32 heavy (non-hydrogen) atoms. The zero-order valence-corrected chi connectivity index (χ0v) is 20.3. The zero-order chi connectivity index (χ0) is 23.5. The van der Waals surface area contributed by atoms with Gasteiger partial charge in [-0.1, -0.05) is 18.5 Å². The van der Waals surface area contributed by atoms with Crippen LogP contribution in [0.15, 0.2) is 30.9 Å². The van der Waals surface area contributed by atoms with Crippen molar-refractivity contribution in [1.82, 2.24) is 29.7 Å². The Labute approximate surface area is 193 Å². The first-order chi connectivity index (χ1) is 15.1. The van der Waals surface area contributed by atoms with Crippen LogP contribution in [0.5, 0.6) is 0 Å². The molecule has 3 aromatic rings. The predicted molar refractivity (Wildman–Crippen MR) is 122 cm³/mol. The van der Waals surface area contributed by atoms with Crippen LogP contribution in [0.1, 0.15) is 49.9 Å². The summed E-state index contributed by atoms with van der Waals surface area (Å²) in [5.41, 5.74) is 1.73. The molecule has 0 fully saturated rings. The molecular formula is C21H27ClN6O3S. The number of rotatable bonds is 9. The third-order valence-electron chi connectivity index (χ3n) is 5.40. The molecule has 3 rings (SSSR count). The minimum atomic E-state index is -3.61. The van der Waals surface area contributed by atoms with E-state index in [0.29, 0.717) is 29.1 Å². The van der Waals surface area contributed by atoms with E-state index in [2.05, 4.69) is 25.1 Å². The van der Waals surface area contributed by atoms with E-state index < -0.39 is 21.0 Å². The van der Waals surface area contributed by atoms with Crippen LogP contribution in [0.4, 0.5) is 0 Å². The molecule has 3 aromatic heterocycles. The number of pyridine rings is 1. The van der Waals surface area contributed by atoms with E-state index in [4.69, 9.17) is 16.3 Å². The Kier molecular flexibility index (Phi) is 7.58. The fraction of sp³-hybridized carbons (Fsp3) is 0.476. The SMILES string of the molecule is COC[C@H](C)n1c(CS(=O)(=O)[C@@H](C)[C@H](C)c2ncc(Cl)cn2)nnc1-c1cncc(C)c1. The molecule has 9 nitrogen and oxygen atoms in total. The average molecular weight is 479 g/mol. The second-order valence-electron chi connectivity index (χ2n) is 7.93. The van der Waals surface area contributed by atoms with E-state index in [-0.39, 0.29) is 11.8 Å². The monoisotopic (exact) mass is 478 g/mol. The number of aryl methyl sites for hydroxylation is 1. The largest absolute Gasteiger partial charge is 0.383 e. The molecule has 0 aliphatic rings. The van der Waals surface area contributed by atoms with E-state index in [1.54, 1.807) is 33.4 Å². The van der Waals surface area contributed by atoms with E-state index in [9.17, 15) is 8.42 Å². The fourth-order valence-electron chi connectivity index (χ4n) is 3.46. The third-order valence-corrected chi connectivity index (χ3v) is 7.79. The lowest BCUT2D eigenvalue weighted by molar-refractivity contribution is 0.161. The second kappa shape index (κ2) is 10.0. The van der Waals surface area contributed by atoms with Crippen LogP contribution < -0.4 is 0 Å². The van der Waals surface area contributed by atoms with Crippen molar-refractivity contribution in [2.24, 2.45) is 0 Å². The van der Waals surface area contributed by atoms with Crippen LogP contribution in [0.2, 0.25) is 5.02 Å². The Morgan fingerprint density at radius 3 is 2.41 bits per heavy atom. The van der Waals surface area contributed by atoms with Gasteiger partial charge < -0.3 is 9.30 Å². The molecule has 3 heterocycles. The van der Waals surface area contributed by atoms with Crippen LogP contribution in [0.3, 0.4) is 0 Å². The molecule has 0 unspecified atom stereocenters. The molecule has 0 bridgehead atoms. The van der Waals surface area contributed by atoms with Gasteiger partial charge in [-0.3, -0.25) is 4.98 Å². The van der Waals surface area contributed by atoms with Crippen molar-refractivity contribution >= 4 is 21.4 Å². The number of ether oxygens (including phenoxy) is 1. The second-order valence-corrected chi connectivity index (χ2v) is 10.7. The maximum atomic E-state index is 13.3. The first-order valence-electron chi connectivity index (χ1n) is 10.2. The highest BCUT2D eigenvalue weighted by Crippen LogP contribution is 2.28. The number of aromatic nitrogens is 6. The molecule has 0 N–H and O–H groups in total. The molecule has 0 saturated heterocycles. The lowest BCUT2D eigenvalue weighted by Crippen LogP contribution is -2.28. The Hall–Kier alpha value is -2.43. The summed E-state index contributed by atoms with van der Waals surface area (Å²) in [6, 6.07) is 1.76. The maximum Gasteiger partial charge on any atom is 0.165 e. The van der Waals surface area contributed by atoms with Crippen LogP contribution >= 0.6 is 11.6 Å². The molecule has 172 valence electrons. The molecule has 0 spiro atoms. The van der Waals surface area contributed by atoms with Crippen LogP contribution in [0, 0.1) is 6.92 Å². The summed E-state index contributed by atoms with van der Waals surface area (Å²) in [6.07, 6.45) is 6.36. The van der Waals surface area contributed by atoms with E-state index in [1.807, 2.05) is 24.5 Å². The van der Waals surface area contributed by atoms with Gasteiger partial charge in [-0.15, -0.1) is 10.2 Å². The Morgan fingerprint density at radius 2 is 1.78 bits per heavy atom. The van der Waals surface area contributed by atoms with Crippen molar-refractivity contribution in [2.45, 2.75) is 50.7 Å². The number of hydrogen-bond acceptors (Lipinski definition) is 8. The number of methoxy groups -OCH3 is 1. The molecule has 0 aliphatic heterocycles. The minimum absolute atomic E-state index is 0.178. The van der Waals surface area contributed by atoms with Crippen molar-refractivity contribution in [1.29, 1.82) is 0 Å². The van der Waals surface area contributed by atoms with E-state index in [1.165, 1.54) is 12.4 Å². The lowest BCUT2D eigenvalue weighted by Gasteiger charge is -2.21. The molecule has 0 amide bonds. The van der Waals surface area contributed by atoms with Crippen molar-refractivity contribution in [3.05, 3.63) is 53.1 Å². The molecule has 0 radical (unpaired) electrons. The van der Waals surface area contributed by atoms with Gasteiger partial charge in [0.1, 0.15) is 17.4 Å². The highest BCUT2D eigenvalue weighted by molar-refractivity contribution is 7.91. The predicted octanol–water partition coefficient (Wildman–Crippen LogP) is 3.41. The third kappa shape index (κ3) is 5.31. The molecule has 11 heteroatoms. The van der Waals surface area contributed by atoms with Crippen LogP contribution in [-0.2, 0) is 20.3 Å².